The molecule has 3 heteroatoms. The first-order valence-electron chi connectivity index (χ1n) is 11.8. The Balaban J connectivity index is 1.33. The molecule has 0 radical (unpaired) electrons. The van der Waals surface area contributed by atoms with Crippen LogP contribution in [0.2, 0.25) is 0 Å². The Morgan fingerprint density at radius 2 is 1.75 bits per heavy atom. The van der Waals surface area contributed by atoms with Crippen LogP contribution < -0.4 is 0 Å². The highest BCUT2D eigenvalue weighted by Gasteiger charge is 2.70. The van der Waals surface area contributed by atoms with E-state index < -0.39 is 5.41 Å². The van der Waals surface area contributed by atoms with Crippen LogP contribution in [0.15, 0.2) is 0 Å². The molecule has 0 bridgehead atoms. The second-order valence-electron chi connectivity index (χ2n) is 12.5. The zero-order valence-corrected chi connectivity index (χ0v) is 18.4. The second kappa shape index (κ2) is 5.85. The van der Waals surface area contributed by atoms with Gasteiger partial charge < -0.3 is 4.74 Å². The van der Waals surface area contributed by atoms with Crippen molar-refractivity contribution in [1.82, 2.24) is 0 Å². The van der Waals surface area contributed by atoms with E-state index in [0.717, 1.165) is 37.0 Å². The lowest BCUT2D eigenvalue weighted by molar-refractivity contribution is -0.170. The fourth-order valence-electron chi connectivity index (χ4n) is 8.32. The molecule has 156 valence electrons. The summed E-state index contributed by atoms with van der Waals surface area (Å²) >= 11 is 0. The summed E-state index contributed by atoms with van der Waals surface area (Å²) in [5.74, 6) is 4.58. The number of Topliss-reactive ketones (excluding diaryl/α,β-unsaturated/α-hetero) is 1. The summed E-state index contributed by atoms with van der Waals surface area (Å²) < 4.78 is 5.93. The molecule has 0 unspecified atom stereocenters. The van der Waals surface area contributed by atoms with Gasteiger partial charge in [-0.1, -0.05) is 13.8 Å². The summed E-state index contributed by atoms with van der Waals surface area (Å²) in [6, 6.07) is 0. The minimum atomic E-state index is -0.415. The van der Waals surface area contributed by atoms with Crippen molar-refractivity contribution >= 4 is 11.8 Å². The van der Waals surface area contributed by atoms with Crippen LogP contribution in [0.3, 0.4) is 0 Å². The Labute approximate surface area is 170 Å². The van der Waals surface area contributed by atoms with E-state index in [1.807, 2.05) is 20.8 Å². The lowest BCUT2D eigenvalue weighted by atomic mass is 9.44. The molecule has 3 nitrogen and oxygen atoms in total. The van der Waals surface area contributed by atoms with Crippen molar-refractivity contribution in [2.24, 2.45) is 51.8 Å². The fourth-order valence-corrected chi connectivity index (χ4v) is 8.32. The summed E-state index contributed by atoms with van der Waals surface area (Å²) in [4.78, 5) is 25.3. The number of ketones is 1. The number of hydrogen-bond donors (Lipinski definition) is 0. The number of esters is 1. The number of hydrogen-bond acceptors (Lipinski definition) is 3. The Bertz CT molecular complexity index is 705. The Hall–Kier alpha value is -0.860. The van der Waals surface area contributed by atoms with Crippen molar-refractivity contribution in [2.45, 2.75) is 92.1 Å². The molecular weight excluding hydrogens is 348 g/mol. The number of rotatable bonds is 1. The van der Waals surface area contributed by atoms with Gasteiger partial charge in [-0.05, 0) is 107 Å². The van der Waals surface area contributed by atoms with Crippen LogP contribution in [0, 0.1) is 51.8 Å². The molecule has 0 spiro atoms. The first-order valence-corrected chi connectivity index (χ1v) is 11.8. The van der Waals surface area contributed by atoms with Gasteiger partial charge in [0.05, 0.1) is 5.41 Å². The first-order chi connectivity index (χ1) is 13.1. The number of carbonyl (C=O) groups excluding carboxylic acids is 2. The third kappa shape index (κ3) is 2.53. The topological polar surface area (TPSA) is 43.4 Å². The largest absolute Gasteiger partial charge is 0.462 e. The normalized spacial score (nSPS) is 52.2. The highest BCUT2D eigenvalue weighted by atomic mass is 16.5. The average molecular weight is 387 g/mol. The highest BCUT2D eigenvalue weighted by Crippen LogP contribution is 2.72. The summed E-state index contributed by atoms with van der Waals surface area (Å²) in [6.07, 6.45) is 9.47. The summed E-state index contributed by atoms with van der Waals surface area (Å²) in [7, 11) is 0. The van der Waals surface area contributed by atoms with Gasteiger partial charge in [0.2, 0.25) is 0 Å². The van der Waals surface area contributed by atoms with E-state index in [-0.39, 0.29) is 17.5 Å². The van der Waals surface area contributed by atoms with Crippen LogP contribution in [0.4, 0.5) is 0 Å². The third-order valence-corrected chi connectivity index (χ3v) is 9.96. The van der Waals surface area contributed by atoms with Crippen molar-refractivity contribution in [1.29, 1.82) is 0 Å². The molecule has 5 rings (SSSR count). The van der Waals surface area contributed by atoms with E-state index in [9.17, 15) is 9.59 Å². The van der Waals surface area contributed by atoms with Crippen LogP contribution in [-0.4, -0.2) is 17.9 Å². The summed E-state index contributed by atoms with van der Waals surface area (Å²) in [5.41, 5.74) is -0.0373. The second-order valence-corrected chi connectivity index (χ2v) is 12.5. The van der Waals surface area contributed by atoms with Gasteiger partial charge in [-0.2, -0.15) is 0 Å². The molecule has 0 aliphatic heterocycles. The van der Waals surface area contributed by atoms with E-state index in [2.05, 4.69) is 13.8 Å². The van der Waals surface area contributed by atoms with Gasteiger partial charge in [0.15, 0.2) is 0 Å². The van der Waals surface area contributed by atoms with Gasteiger partial charge in [-0.15, -0.1) is 0 Å². The average Bonchev–Trinajstić information content (AvgIpc) is 3.36. The zero-order chi connectivity index (χ0) is 20.1. The SMILES string of the molecule is CC(C)(C)C(=O)O[C@H]1CC[C@@]2(C)[C@H](CC[C@H]3[C@@H]4[C@@H]5C[C@@H]5C(=O)[C@@]4(C)CC[C@@H]32)C1. The fraction of sp³-hybridized carbons (Fsp3) is 0.920. The van der Waals surface area contributed by atoms with Gasteiger partial charge in [-0.25, -0.2) is 0 Å². The Morgan fingerprint density at radius 1 is 1.00 bits per heavy atom. The quantitative estimate of drug-likeness (QED) is 0.566. The molecule has 0 heterocycles. The summed E-state index contributed by atoms with van der Waals surface area (Å²) in [5, 5.41) is 0. The van der Waals surface area contributed by atoms with E-state index in [1.54, 1.807) is 0 Å². The minimum absolute atomic E-state index is 0.00259. The number of ether oxygens (including phenoxy) is 1. The van der Waals surface area contributed by atoms with Crippen LogP contribution in [0.5, 0.6) is 0 Å². The molecular formula is C25H38O3. The van der Waals surface area contributed by atoms with Crippen LogP contribution >= 0.6 is 0 Å². The van der Waals surface area contributed by atoms with Gasteiger partial charge in [0, 0.05) is 11.3 Å². The van der Waals surface area contributed by atoms with Crippen molar-refractivity contribution in [2.75, 3.05) is 0 Å². The van der Waals surface area contributed by atoms with Crippen LogP contribution in [-0.2, 0) is 14.3 Å². The first kappa shape index (κ1) is 19.1. The van der Waals surface area contributed by atoms with Crippen molar-refractivity contribution in [3.63, 3.8) is 0 Å². The molecule has 28 heavy (non-hydrogen) atoms. The van der Waals surface area contributed by atoms with Gasteiger partial charge in [0.25, 0.3) is 0 Å². The molecule has 0 saturated heterocycles. The maximum Gasteiger partial charge on any atom is 0.311 e. The van der Waals surface area contributed by atoms with E-state index in [4.69, 9.17) is 4.74 Å². The lowest BCUT2D eigenvalue weighted by Crippen LogP contribution is -2.55. The minimum Gasteiger partial charge on any atom is -0.462 e. The molecule has 5 aliphatic rings. The van der Waals surface area contributed by atoms with Crippen molar-refractivity contribution in [3.05, 3.63) is 0 Å². The van der Waals surface area contributed by atoms with E-state index in [1.165, 1.54) is 32.1 Å². The molecule has 0 aromatic heterocycles. The molecule has 5 saturated carbocycles. The number of carbonyl (C=O) groups is 2. The molecule has 0 aromatic rings. The van der Waals surface area contributed by atoms with Crippen molar-refractivity contribution in [3.8, 4) is 0 Å². The summed E-state index contributed by atoms with van der Waals surface area (Å²) in [6.45, 7) is 10.7. The maximum atomic E-state index is 12.9. The Kier molecular flexibility index (Phi) is 4.00. The van der Waals surface area contributed by atoms with Crippen molar-refractivity contribution < 1.29 is 14.3 Å². The molecule has 5 aliphatic carbocycles. The van der Waals surface area contributed by atoms with Gasteiger partial charge >= 0.3 is 5.97 Å². The van der Waals surface area contributed by atoms with Gasteiger partial charge in [0.1, 0.15) is 11.9 Å². The molecule has 5 fully saturated rings. The monoisotopic (exact) mass is 386 g/mol. The smallest absolute Gasteiger partial charge is 0.311 e. The predicted molar refractivity (Wildman–Crippen MR) is 108 cm³/mol. The predicted octanol–water partition coefficient (Wildman–Crippen LogP) is 5.41. The number of fused-ring (bicyclic) bond motifs is 7. The van der Waals surface area contributed by atoms with E-state index in [0.29, 0.717) is 29.0 Å². The zero-order valence-electron chi connectivity index (χ0n) is 18.4. The molecule has 0 aromatic carbocycles. The standard InChI is InChI=1S/C25H38O3/c1-23(2,3)22(27)28-15-8-10-24(4)14(12-15)6-7-16-19(24)9-11-25(5)20(16)17-13-18(17)21(25)26/h14-20H,6-13H2,1-5H3/t14-,15+,16-,17-,18+,19+,20-,24+,25+/m1/s1. The highest BCUT2D eigenvalue weighted by molar-refractivity contribution is 5.92. The van der Waals surface area contributed by atoms with E-state index >= 15 is 0 Å². The Morgan fingerprint density at radius 3 is 2.46 bits per heavy atom. The molecule has 0 amide bonds. The molecule has 9 atom stereocenters. The van der Waals surface area contributed by atoms with Crippen LogP contribution in [0.1, 0.15) is 86.0 Å². The third-order valence-electron chi connectivity index (χ3n) is 9.96. The van der Waals surface area contributed by atoms with Gasteiger partial charge in [-0.3, -0.25) is 9.59 Å². The molecule has 0 N–H and O–H groups in total. The maximum absolute atomic E-state index is 12.9. The lowest BCUT2D eigenvalue weighted by Gasteiger charge is -2.60. The van der Waals surface area contributed by atoms with Crippen LogP contribution in [0.25, 0.3) is 0 Å².